The number of hydrazone groups is 1. The minimum Gasteiger partial charge on any atom is -0.273 e. The smallest absolute Gasteiger partial charge is 0.247 e. The second-order valence-corrected chi connectivity index (χ2v) is 5.17. The first-order chi connectivity index (χ1) is 9.33. The maximum Gasteiger partial charge on any atom is 0.247 e. The number of nitrogens with zero attached hydrogens (tertiary/aromatic N) is 2. The van der Waals surface area contributed by atoms with Gasteiger partial charge in [0.05, 0.1) is 6.42 Å². The van der Waals surface area contributed by atoms with E-state index in [4.69, 9.17) is 0 Å². The van der Waals surface area contributed by atoms with Crippen molar-refractivity contribution in [2.45, 2.75) is 77.6 Å². The Labute approximate surface area is 116 Å². The van der Waals surface area contributed by atoms with Crippen molar-refractivity contribution in [1.82, 2.24) is 5.43 Å². The lowest BCUT2D eigenvalue weighted by atomic mass is 10.1. The topological polar surface area (TPSA) is 53.8 Å². The third-order valence-electron chi connectivity index (χ3n) is 3.31. The predicted molar refractivity (Wildman–Crippen MR) is 80.5 cm³/mol. The van der Waals surface area contributed by atoms with E-state index in [1.54, 1.807) is 0 Å². The van der Waals surface area contributed by atoms with Crippen LogP contribution in [0, 0.1) is 0 Å². The lowest BCUT2D eigenvalue weighted by Crippen LogP contribution is -2.08. The summed E-state index contributed by atoms with van der Waals surface area (Å²) in [5.41, 5.74) is 2.39. The fraction of sp³-hybridized carbons (Fsp3) is 0.800. The van der Waals surface area contributed by atoms with Gasteiger partial charge in [-0.2, -0.15) is 5.10 Å². The number of amidine groups is 1. The van der Waals surface area contributed by atoms with Crippen LogP contribution in [0.4, 0.5) is 0 Å². The molecule has 1 aliphatic heterocycles. The molecule has 1 N–H and O–H groups in total. The zero-order chi connectivity index (χ0) is 13.8. The highest BCUT2D eigenvalue weighted by Gasteiger charge is 2.11. The lowest BCUT2D eigenvalue weighted by molar-refractivity contribution is -0.119. The number of carbonyl (C=O) groups is 1. The van der Waals surface area contributed by atoms with E-state index in [0.29, 0.717) is 12.3 Å². The molecule has 0 aliphatic carbocycles. The Morgan fingerprint density at radius 2 is 1.74 bits per heavy atom. The van der Waals surface area contributed by atoms with Gasteiger partial charge in [0.15, 0.2) is 5.84 Å². The summed E-state index contributed by atoms with van der Waals surface area (Å²) in [4.78, 5) is 15.0. The van der Waals surface area contributed by atoms with Gasteiger partial charge in [0.2, 0.25) is 5.91 Å². The molecule has 0 fully saturated rings. The summed E-state index contributed by atoms with van der Waals surface area (Å²) in [6, 6.07) is 0. The van der Waals surface area contributed by atoms with Crippen LogP contribution in [0.25, 0.3) is 0 Å². The fourth-order valence-electron chi connectivity index (χ4n) is 2.14. The molecular weight excluding hydrogens is 238 g/mol. The van der Waals surface area contributed by atoms with Gasteiger partial charge in [-0.3, -0.25) is 4.79 Å². The van der Waals surface area contributed by atoms with Crippen LogP contribution < -0.4 is 5.43 Å². The van der Waals surface area contributed by atoms with Gasteiger partial charge in [-0.1, -0.05) is 58.3 Å². The molecule has 19 heavy (non-hydrogen) atoms. The Balaban J connectivity index is 1.83. The van der Waals surface area contributed by atoms with Gasteiger partial charge in [0.25, 0.3) is 0 Å². The Morgan fingerprint density at radius 3 is 2.32 bits per heavy atom. The molecule has 1 rings (SSSR count). The molecule has 1 aliphatic rings. The van der Waals surface area contributed by atoms with Crippen molar-refractivity contribution in [3.05, 3.63) is 0 Å². The van der Waals surface area contributed by atoms with Crippen molar-refractivity contribution in [1.29, 1.82) is 0 Å². The van der Waals surface area contributed by atoms with Crippen LogP contribution in [-0.4, -0.2) is 18.0 Å². The summed E-state index contributed by atoms with van der Waals surface area (Å²) in [5, 5.41) is 3.82. The van der Waals surface area contributed by atoms with E-state index in [1.807, 2.05) is 6.21 Å². The van der Waals surface area contributed by atoms with Crippen LogP contribution in [0.1, 0.15) is 77.6 Å². The van der Waals surface area contributed by atoms with Gasteiger partial charge < -0.3 is 0 Å². The zero-order valence-corrected chi connectivity index (χ0v) is 12.2. The minimum absolute atomic E-state index is 0.0600. The number of aliphatic imine (C=N–C) groups is 1. The van der Waals surface area contributed by atoms with Crippen LogP contribution in [0.15, 0.2) is 10.1 Å². The predicted octanol–water partition coefficient (Wildman–Crippen LogP) is 3.81. The van der Waals surface area contributed by atoms with E-state index in [9.17, 15) is 4.79 Å². The molecule has 0 aromatic rings. The van der Waals surface area contributed by atoms with Crippen molar-refractivity contribution >= 4 is 18.0 Å². The van der Waals surface area contributed by atoms with E-state index in [2.05, 4.69) is 22.4 Å². The van der Waals surface area contributed by atoms with E-state index >= 15 is 0 Å². The summed E-state index contributed by atoms with van der Waals surface area (Å²) in [6.45, 7) is 2.25. The molecule has 0 saturated heterocycles. The van der Waals surface area contributed by atoms with Gasteiger partial charge in [-0.25, -0.2) is 10.4 Å². The third-order valence-corrected chi connectivity index (χ3v) is 3.31. The zero-order valence-electron chi connectivity index (χ0n) is 12.2. The largest absolute Gasteiger partial charge is 0.273 e. The molecule has 0 saturated carbocycles. The molecular formula is C15H27N3O. The molecule has 0 aromatic carbocycles. The number of rotatable bonds is 10. The quantitative estimate of drug-likeness (QED) is 0.474. The second-order valence-electron chi connectivity index (χ2n) is 5.17. The number of nitrogens with one attached hydrogen (secondary N) is 1. The van der Waals surface area contributed by atoms with Crippen molar-refractivity contribution < 1.29 is 4.79 Å². The van der Waals surface area contributed by atoms with Crippen molar-refractivity contribution in [2.24, 2.45) is 10.1 Å². The number of carbonyl (C=O) groups excluding carboxylic acids is 1. The van der Waals surface area contributed by atoms with Crippen LogP contribution in [0.3, 0.4) is 0 Å². The SMILES string of the molecule is CCCCCCCCCCCC=NC1=NNC(=O)C1. The van der Waals surface area contributed by atoms with Crippen LogP contribution in [-0.2, 0) is 4.79 Å². The highest BCUT2D eigenvalue weighted by atomic mass is 16.2. The standard InChI is InChI=1S/C15H27N3O/c1-2-3-4-5-6-7-8-9-10-11-12-16-14-13-15(19)18-17-14/h12H,2-11,13H2,1H3,(H,18,19). The average molecular weight is 265 g/mol. The molecule has 0 bridgehead atoms. The number of amides is 1. The summed E-state index contributed by atoms with van der Waals surface area (Å²) in [6.07, 6.45) is 15.3. The van der Waals surface area contributed by atoms with Gasteiger partial charge in [0.1, 0.15) is 0 Å². The first kappa shape index (κ1) is 15.9. The third kappa shape index (κ3) is 8.51. The van der Waals surface area contributed by atoms with Crippen LogP contribution >= 0.6 is 0 Å². The average Bonchev–Trinajstić information content (AvgIpc) is 2.82. The Bertz CT molecular complexity index is 311. The summed E-state index contributed by atoms with van der Waals surface area (Å²) < 4.78 is 0. The fourth-order valence-corrected chi connectivity index (χ4v) is 2.14. The first-order valence-electron chi connectivity index (χ1n) is 7.71. The van der Waals surface area contributed by atoms with Crippen molar-refractivity contribution in [2.75, 3.05) is 0 Å². The van der Waals surface area contributed by atoms with Gasteiger partial charge in [0, 0.05) is 6.21 Å². The second kappa shape index (κ2) is 10.7. The van der Waals surface area contributed by atoms with E-state index in [-0.39, 0.29) is 5.91 Å². The Morgan fingerprint density at radius 1 is 1.11 bits per heavy atom. The van der Waals surface area contributed by atoms with Crippen LogP contribution in [0.2, 0.25) is 0 Å². The molecule has 0 atom stereocenters. The Kier molecular flexibility index (Phi) is 8.94. The maximum absolute atomic E-state index is 10.9. The minimum atomic E-state index is -0.0600. The normalized spacial score (nSPS) is 15.0. The molecule has 4 heteroatoms. The van der Waals surface area contributed by atoms with E-state index < -0.39 is 0 Å². The van der Waals surface area contributed by atoms with Crippen molar-refractivity contribution in [3.63, 3.8) is 0 Å². The highest BCUT2D eigenvalue weighted by molar-refractivity contribution is 6.06. The molecule has 1 heterocycles. The number of hydrogen-bond acceptors (Lipinski definition) is 3. The summed E-state index contributed by atoms with van der Waals surface area (Å²) in [7, 11) is 0. The molecule has 108 valence electrons. The van der Waals surface area contributed by atoms with Gasteiger partial charge >= 0.3 is 0 Å². The monoisotopic (exact) mass is 265 g/mol. The Hall–Kier alpha value is -1.19. The first-order valence-corrected chi connectivity index (χ1v) is 7.71. The van der Waals surface area contributed by atoms with E-state index in [1.165, 1.54) is 57.8 Å². The number of hydrogen-bond donors (Lipinski definition) is 1. The molecule has 4 nitrogen and oxygen atoms in total. The molecule has 1 amide bonds. The maximum atomic E-state index is 10.9. The summed E-state index contributed by atoms with van der Waals surface area (Å²) >= 11 is 0. The molecule has 0 aromatic heterocycles. The molecule has 0 radical (unpaired) electrons. The molecule has 0 unspecified atom stereocenters. The lowest BCUT2D eigenvalue weighted by Gasteiger charge is -2.00. The van der Waals surface area contributed by atoms with Crippen LogP contribution in [0.5, 0.6) is 0 Å². The summed E-state index contributed by atoms with van der Waals surface area (Å²) in [5.74, 6) is 0.552. The highest BCUT2D eigenvalue weighted by Crippen LogP contribution is 2.10. The van der Waals surface area contributed by atoms with Gasteiger partial charge in [-0.15, -0.1) is 0 Å². The number of unbranched alkanes of at least 4 members (excludes halogenated alkanes) is 9. The molecule has 0 spiro atoms. The van der Waals surface area contributed by atoms with Crippen molar-refractivity contribution in [3.8, 4) is 0 Å². The van der Waals surface area contributed by atoms with E-state index in [0.717, 1.165) is 6.42 Å². The van der Waals surface area contributed by atoms with Gasteiger partial charge in [-0.05, 0) is 12.8 Å².